The van der Waals surface area contributed by atoms with Gasteiger partial charge in [-0.1, -0.05) is 30.4 Å². The number of fused-ring (bicyclic) bond motifs is 3. The van der Waals surface area contributed by atoms with Gasteiger partial charge in [0.05, 0.1) is 17.2 Å². The van der Waals surface area contributed by atoms with Crippen molar-refractivity contribution in [2.24, 2.45) is 0 Å². The Bertz CT molecular complexity index is 982. The van der Waals surface area contributed by atoms with Crippen LogP contribution in [-0.4, -0.2) is 26.9 Å². The molecule has 0 bridgehead atoms. The van der Waals surface area contributed by atoms with Crippen molar-refractivity contribution in [2.45, 2.75) is 25.9 Å². The fraction of sp³-hybridized carbons (Fsp3) is 0.200. The van der Waals surface area contributed by atoms with Crippen LogP contribution in [-0.2, 0) is 12.8 Å². The van der Waals surface area contributed by atoms with Gasteiger partial charge < -0.3 is 15.3 Å². The van der Waals surface area contributed by atoms with Crippen molar-refractivity contribution in [1.29, 1.82) is 0 Å². The second-order valence-electron chi connectivity index (χ2n) is 6.39. The summed E-state index contributed by atoms with van der Waals surface area (Å²) < 4.78 is 0. The Hall–Kier alpha value is -2.92. The molecule has 0 aliphatic heterocycles. The number of aliphatic hydroxyl groups excluding tert-OH is 1. The van der Waals surface area contributed by atoms with Gasteiger partial charge in [-0.15, -0.1) is 0 Å². The summed E-state index contributed by atoms with van der Waals surface area (Å²) >= 11 is 0. The predicted molar refractivity (Wildman–Crippen MR) is 90.3 cm³/mol. The summed E-state index contributed by atoms with van der Waals surface area (Å²) in [5.74, 6) is -1.56. The number of ketones is 2. The van der Waals surface area contributed by atoms with Crippen LogP contribution in [0.2, 0.25) is 0 Å². The lowest BCUT2D eigenvalue weighted by Crippen LogP contribution is -2.25. The van der Waals surface area contributed by atoms with Crippen molar-refractivity contribution in [3.05, 3.63) is 69.3 Å². The van der Waals surface area contributed by atoms with Crippen molar-refractivity contribution in [3.8, 4) is 11.5 Å². The van der Waals surface area contributed by atoms with Gasteiger partial charge in [0.25, 0.3) is 0 Å². The summed E-state index contributed by atoms with van der Waals surface area (Å²) in [6.07, 6.45) is 3.53. The molecule has 0 saturated heterocycles. The van der Waals surface area contributed by atoms with E-state index in [4.69, 9.17) is 0 Å². The van der Waals surface area contributed by atoms with E-state index in [0.717, 1.165) is 0 Å². The molecule has 0 saturated carbocycles. The zero-order valence-electron chi connectivity index (χ0n) is 13.5. The fourth-order valence-corrected chi connectivity index (χ4v) is 3.73. The zero-order chi connectivity index (χ0) is 17.9. The number of allylic oxidation sites excluding steroid dienone is 2. The molecule has 0 spiro atoms. The van der Waals surface area contributed by atoms with Crippen LogP contribution >= 0.6 is 0 Å². The maximum absolute atomic E-state index is 13.1. The van der Waals surface area contributed by atoms with Gasteiger partial charge in [0.15, 0.2) is 11.6 Å². The molecule has 25 heavy (non-hydrogen) atoms. The maximum Gasteiger partial charge on any atom is 0.198 e. The van der Waals surface area contributed by atoms with Gasteiger partial charge >= 0.3 is 0 Å². The van der Waals surface area contributed by atoms with E-state index >= 15 is 0 Å². The first kappa shape index (κ1) is 15.6. The number of benzene rings is 2. The smallest absolute Gasteiger partial charge is 0.198 e. The number of aliphatic hydroxyl groups is 1. The van der Waals surface area contributed by atoms with Crippen LogP contribution in [0.5, 0.6) is 11.5 Å². The second kappa shape index (κ2) is 5.29. The fourth-order valence-electron chi connectivity index (χ4n) is 3.73. The molecule has 1 unspecified atom stereocenters. The first-order valence-corrected chi connectivity index (χ1v) is 8.08. The minimum Gasteiger partial charge on any atom is -0.507 e. The normalized spacial score (nSPS) is 16.2. The van der Waals surface area contributed by atoms with E-state index in [0.29, 0.717) is 29.5 Å². The van der Waals surface area contributed by atoms with Gasteiger partial charge in [0, 0.05) is 22.3 Å². The molecule has 3 N–H and O–H groups in total. The van der Waals surface area contributed by atoms with Crippen LogP contribution < -0.4 is 0 Å². The standard InChI is InChI=1S/C20H16O5/c1-9(21)10-7-4-8-13-14(10)20(25)16-15(19(13)24)17(22)11-5-2-3-6-12(11)18(16)23/h2-4,7-9,21-23H,5-6H2,1H3. The highest BCUT2D eigenvalue weighted by molar-refractivity contribution is 6.31. The molecule has 5 heteroatoms. The average molecular weight is 336 g/mol. The Balaban J connectivity index is 2.08. The third-order valence-electron chi connectivity index (χ3n) is 4.94. The highest BCUT2D eigenvalue weighted by atomic mass is 16.3. The van der Waals surface area contributed by atoms with Crippen molar-refractivity contribution in [2.75, 3.05) is 0 Å². The Morgan fingerprint density at radius 2 is 1.44 bits per heavy atom. The Morgan fingerprint density at radius 1 is 0.880 bits per heavy atom. The minimum absolute atomic E-state index is 0.0935. The quantitative estimate of drug-likeness (QED) is 0.469. The molecule has 0 radical (unpaired) electrons. The van der Waals surface area contributed by atoms with Gasteiger partial charge in [-0.3, -0.25) is 9.59 Å². The SMILES string of the molecule is CC(O)c1cccc2c1C(=O)c1c(O)c3c(c(O)c1C2=O)CC=CC3. The van der Waals surface area contributed by atoms with Crippen LogP contribution in [0.15, 0.2) is 30.4 Å². The summed E-state index contributed by atoms with van der Waals surface area (Å²) in [5.41, 5.74) is 1.20. The summed E-state index contributed by atoms with van der Waals surface area (Å²) in [6, 6.07) is 4.67. The van der Waals surface area contributed by atoms with Crippen molar-refractivity contribution in [3.63, 3.8) is 0 Å². The van der Waals surface area contributed by atoms with E-state index in [2.05, 4.69) is 0 Å². The van der Waals surface area contributed by atoms with Gasteiger partial charge in [0.2, 0.25) is 0 Å². The minimum atomic E-state index is -0.940. The number of rotatable bonds is 1. The van der Waals surface area contributed by atoms with Gasteiger partial charge in [0.1, 0.15) is 11.5 Å². The number of phenolic OH excluding ortho intramolecular Hbond substituents is 2. The first-order valence-electron chi connectivity index (χ1n) is 8.08. The highest BCUT2D eigenvalue weighted by Crippen LogP contribution is 2.45. The number of phenols is 2. The topological polar surface area (TPSA) is 94.8 Å². The molecular formula is C20H16O5. The van der Waals surface area contributed by atoms with Crippen LogP contribution in [0.3, 0.4) is 0 Å². The van der Waals surface area contributed by atoms with Gasteiger partial charge in [-0.25, -0.2) is 0 Å². The second-order valence-corrected chi connectivity index (χ2v) is 6.39. The molecule has 1 atom stereocenters. The molecule has 0 fully saturated rings. The van der Waals surface area contributed by atoms with E-state index in [9.17, 15) is 24.9 Å². The van der Waals surface area contributed by atoms with Crippen molar-refractivity contribution >= 4 is 11.6 Å². The van der Waals surface area contributed by atoms with Crippen molar-refractivity contribution in [1.82, 2.24) is 0 Å². The molecule has 2 aromatic rings. The number of hydrogen-bond donors (Lipinski definition) is 3. The lowest BCUT2D eigenvalue weighted by Gasteiger charge is -2.26. The lowest BCUT2D eigenvalue weighted by molar-refractivity contribution is 0.0969. The highest BCUT2D eigenvalue weighted by Gasteiger charge is 2.39. The summed E-state index contributed by atoms with van der Waals surface area (Å²) in [4.78, 5) is 26.0. The third kappa shape index (κ3) is 1.99. The van der Waals surface area contributed by atoms with E-state index < -0.39 is 17.7 Å². The molecular weight excluding hydrogens is 320 g/mol. The largest absolute Gasteiger partial charge is 0.507 e. The summed E-state index contributed by atoms with van der Waals surface area (Å²) in [6.45, 7) is 1.51. The van der Waals surface area contributed by atoms with Crippen LogP contribution in [0.25, 0.3) is 0 Å². The Labute approximate surface area is 143 Å². The van der Waals surface area contributed by atoms with Crippen molar-refractivity contribution < 1.29 is 24.9 Å². The zero-order valence-corrected chi connectivity index (χ0v) is 13.5. The van der Waals surface area contributed by atoms with Crippen LogP contribution in [0.4, 0.5) is 0 Å². The maximum atomic E-state index is 13.1. The lowest BCUT2D eigenvalue weighted by atomic mass is 9.77. The summed E-state index contributed by atoms with van der Waals surface area (Å²) in [7, 11) is 0. The summed E-state index contributed by atoms with van der Waals surface area (Å²) in [5, 5.41) is 31.3. The molecule has 0 amide bonds. The molecule has 0 heterocycles. The van der Waals surface area contributed by atoms with Crippen LogP contribution in [0, 0.1) is 0 Å². The van der Waals surface area contributed by atoms with E-state index in [-0.39, 0.29) is 33.8 Å². The monoisotopic (exact) mass is 336 g/mol. The van der Waals surface area contributed by atoms with Gasteiger partial charge in [-0.05, 0) is 25.3 Å². The number of hydrogen-bond acceptors (Lipinski definition) is 5. The van der Waals surface area contributed by atoms with Gasteiger partial charge in [-0.2, -0.15) is 0 Å². The number of carbonyl (C=O) groups is 2. The number of aromatic hydroxyl groups is 2. The molecule has 126 valence electrons. The molecule has 2 aliphatic carbocycles. The first-order chi connectivity index (χ1) is 11.9. The Kier molecular flexibility index (Phi) is 3.30. The average Bonchev–Trinajstić information content (AvgIpc) is 2.62. The molecule has 2 aromatic carbocycles. The predicted octanol–water partition coefficient (Wildman–Crippen LogP) is 2.58. The van der Waals surface area contributed by atoms with E-state index in [1.165, 1.54) is 13.0 Å². The molecule has 2 aliphatic rings. The van der Waals surface area contributed by atoms with Crippen LogP contribution in [0.1, 0.15) is 61.6 Å². The number of carbonyl (C=O) groups excluding carboxylic acids is 2. The van der Waals surface area contributed by atoms with E-state index in [1.807, 2.05) is 12.2 Å². The molecule has 0 aromatic heterocycles. The molecule has 5 nitrogen and oxygen atoms in total. The molecule has 4 rings (SSSR count). The third-order valence-corrected chi connectivity index (χ3v) is 4.94. The van der Waals surface area contributed by atoms with E-state index in [1.54, 1.807) is 12.1 Å². The Morgan fingerprint density at radius 3 is 2.00 bits per heavy atom.